The van der Waals surface area contributed by atoms with Crippen molar-refractivity contribution in [3.8, 4) is 0 Å². The maximum absolute atomic E-state index is 13.5. The van der Waals surface area contributed by atoms with Crippen LogP contribution in [0, 0.1) is 6.92 Å². The van der Waals surface area contributed by atoms with Crippen molar-refractivity contribution in [1.82, 2.24) is 19.2 Å². The lowest BCUT2D eigenvalue weighted by molar-refractivity contribution is -0.140. The van der Waals surface area contributed by atoms with Crippen LogP contribution in [0.4, 0.5) is 10.6 Å². The Morgan fingerprint density at radius 2 is 1.94 bits per heavy atom. The first-order valence-corrected chi connectivity index (χ1v) is 12.1. The molecule has 0 aromatic carbocycles. The second kappa shape index (κ2) is 10.0. The van der Waals surface area contributed by atoms with Crippen molar-refractivity contribution in [3.63, 3.8) is 0 Å². The molecule has 2 aliphatic heterocycles. The summed E-state index contributed by atoms with van der Waals surface area (Å²) in [5.41, 5.74) is 1.12. The summed E-state index contributed by atoms with van der Waals surface area (Å²) in [4.78, 5) is 58.9. The molecule has 0 radical (unpaired) electrons. The van der Waals surface area contributed by atoms with Crippen LogP contribution < -0.4 is 10.5 Å². The summed E-state index contributed by atoms with van der Waals surface area (Å²) in [5, 5.41) is 9.09. The van der Waals surface area contributed by atoms with Crippen LogP contribution in [0.2, 0.25) is 0 Å². The minimum absolute atomic E-state index is 0.109. The first-order valence-electron chi connectivity index (χ1n) is 10.9. The second-order valence-electron chi connectivity index (χ2n) is 7.92. The third-order valence-corrected chi connectivity index (χ3v) is 6.91. The van der Waals surface area contributed by atoms with Gasteiger partial charge in [-0.1, -0.05) is 30.0 Å². The van der Waals surface area contributed by atoms with Crippen LogP contribution in [0.15, 0.2) is 28.0 Å². The molecule has 1 N–H and O–H groups in total. The van der Waals surface area contributed by atoms with E-state index in [1.54, 1.807) is 24.1 Å². The Bertz CT molecular complexity index is 1320. The van der Waals surface area contributed by atoms with Crippen LogP contribution in [-0.2, 0) is 14.3 Å². The molecule has 0 atom stereocenters. The van der Waals surface area contributed by atoms with E-state index in [0.717, 1.165) is 22.2 Å². The summed E-state index contributed by atoms with van der Waals surface area (Å²) in [6, 6.07) is 3.59. The fourth-order valence-corrected chi connectivity index (χ4v) is 5.07. The van der Waals surface area contributed by atoms with Crippen molar-refractivity contribution >= 4 is 63.8 Å². The number of amides is 2. The maximum Gasteiger partial charge on any atom is 0.409 e. The van der Waals surface area contributed by atoms with Gasteiger partial charge in [0.2, 0.25) is 0 Å². The molecule has 0 unspecified atom stereocenters. The number of rotatable bonds is 5. The molecule has 2 aromatic rings. The first kappa shape index (κ1) is 24.7. The summed E-state index contributed by atoms with van der Waals surface area (Å²) in [6.07, 6.45) is 2.70. The molecule has 184 valence electrons. The molecule has 13 heteroatoms. The van der Waals surface area contributed by atoms with E-state index in [9.17, 15) is 19.2 Å². The van der Waals surface area contributed by atoms with Crippen LogP contribution in [0.1, 0.15) is 18.1 Å². The van der Waals surface area contributed by atoms with E-state index in [-0.39, 0.29) is 27.0 Å². The van der Waals surface area contributed by atoms with Crippen LogP contribution >= 0.6 is 24.0 Å². The number of thioether (sulfide) groups is 1. The molecule has 0 spiro atoms. The Morgan fingerprint density at radius 1 is 1.23 bits per heavy atom. The predicted molar refractivity (Wildman–Crippen MR) is 135 cm³/mol. The van der Waals surface area contributed by atoms with E-state index in [1.165, 1.54) is 10.5 Å². The zero-order valence-electron chi connectivity index (χ0n) is 19.1. The monoisotopic (exact) mass is 517 g/mol. The van der Waals surface area contributed by atoms with Gasteiger partial charge in [0.1, 0.15) is 22.3 Å². The highest BCUT2D eigenvalue weighted by molar-refractivity contribution is 8.26. The minimum atomic E-state index is -1.19. The number of hydrogen-bond donors (Lipinski definition) is 1. The number of aryl methyl sites for hydroxylation is 1. The van der Waals surface area contributed by atoms with Crippen molar-refractivity contribution in [2.24, 2.45) is 0 Å². The van der Waals surface area contributed by atoms with E-state index >= 15 is 0 Å². The fraction of sp³-hybridized carbons (Fsp3) is 0.364. The number of anilines is 1. The van der Waals surface area contributed by atoms with Gasteiger partial charge >= 0.3 is 12.1 Å². The van der Waals surface area contributed by atoms with Gasteiger partial charge in [-0.15, -0.1) is 0 Å². The van der Waals surface area contributed by atoms with Crippen molar-refractivity contribution in [2.45, 2.75) is 13.8 Å². The van der Waals surface area contributed by atoms with Gasteiger partial charge in [0, 0.05) is 32.4 Å². The highest BCUT2D eigenvalue weighted by Gasteiger charge is 2.34. The number of fused-ring (bicyclic) bond motifs is 1. The standard InChI is InChI=1S/C22H23N5O6S2/c1-3-33-21(32)25-8-6-24(7-9-25)18-14(19(30)26-11-13(2)4-5-16(26)23-18)10-15-20(31)27(12-17(28)29)22(34)35-15/h4-5,10-11H,3,6-9,12H2,1-2H3,(H,28,29)/b15-10+. The lowest BCUT2D eigenvalue weighted by atomic mass is 10.2. The smallest absolute Gasteiger partial charge is 0.409 e. The molecular weight excluding hydrogens is 494 g/mol. The van der Waals surface area contributed by atoms with Crippen molar-refractivity contribution < 1.29 is 24.2 Å². The van der Waals surface area contributed by atoms with Gasteiger partial charge in [0.15, 0.2) is 0 Å². The molecule has 11 nitrogen and oxygen atoms in total. The zero-order valence-corrected chi connectivity index (χ0v) is 20.7. The minimum Gasteiger partial charge on any atom is -0.480 e. The lowest BCUT2D eigenvalue weighted by Gasteiger charge is -2.35. The maximum atomic E-state index is 13.5. The summed E-state index contributed by atoms with van der Waals surface area (Å²) < 4.78 is 6.60. The lowest BCUT2D eigenvalue weighted by Crippen LogP contribution is -2.49. The first-order chi connectivity index (χ1) is 16.7. The van der Waals surface area contributed by atoms with Gasteiger partial charge in [-0.25, -0.2) is 9.78 Å². The Hall–Kier alpha value is -3.45. The predicted octanol–water partition coefficient (Wildman–Crippen LogP) is 1.57. The quantitative estimate of drug-likeness (QED) is 0.461. The summed E-state index contributed by atoms with van der Waals surface area (Å²) in [5.74, 6) is -1.38. The summed E-state index contributed by atoms with van der Waals surface area (Å²) in [7, 11) is 0. The van der Waals surface area contributed by atoms with Gasteiger partial charge in [0.05, 0.1) is 17.1 Å². The number of carbonyl (C=O) groups is 3. The average Bonchev–Trinajstić information content (AvgIpc) is 3.08. The number of ether oxygens (including phenoxy) is 1. The fourth-order valence-electron chi connectivity index (χ4n) is 3.83. The number of nitrogens with zero attached hydrogens (tertiary/aromatic N) is 5. The second-order valence-corrected chi connectivity index (χ2v) is 9.60. The number of aromatic nitrogens is 2. The van der Waals surface area contributed by atoms with Crippen LogP contribution in [-0.4, -0.2) is 85.9 Å². The Labute approximate surface area is 210 Å². The molecule has 4 rings (SSSR count). The molecule has 0 saturated carbocycles. The zero-order chi connectivity index (χ0) is 25.3. The van der Waals surface area contributed by atoms with E-state index < -0.39 is 24.5 Å². The normalized spacial score (nSPS) is 17.5. The molecular formula is C22H23N5O6S2. The molecule has 35 heavy (non-hydrogen) atoms. The van der Waals surface area contributed by atoms with E-state index in [0.29, 0.717) is 37.6 Å². The van der Waals surface area contributed by atoms with Crippen LogP contribution in [0.25, 0.3) is 11.7 Å². The molecule has 4 heterocycles. The van der Waals surface area contributed by atoms with Crippen LogP contribution in [0.5, 0.6) is 0 Å². The van der Waals surface area contributed by atoms with Gasteiger partial charge in [0.25, 0.3) is 11.5 Å². The van der Waals surface area contributed by atoms with Crippen molar-refractivity contribution in [3.05, 3.63) is 44.7 Å². The topological polar surface area (TPSA) is 125 Å². The largest absolute Gasteiger partial charge is 0.480 e. The molecule has 2 fully saturated rings. The number of aliphatic carboxylic acids is 1. The van der Waals surface area contributed by atoms with E-state index in [2.05, 4.69) is 0 Å². The number of piperazine rings is 1. The summed E-state index contributed by atoms with van der Waals surface area (Å²) >= 11 is 6.12. The highest BCUT2D eigenvalue weighted by Crippen LogP contribution is 2.33. The van der Waals surface area contributed by atoms with Crippen LogP contribution in [0.3, 0.4) is 0 Å². The molecule has 0 aliphatic carbocycles. The number of hydrogen-bond acceptors (Lipinski definition) is 9. The molecule has 2 saturated heterocycles. The Kier molecular flexibility index (Phi) is 7.08. The highest BCUT2D eigenvalue weighted by atomic mass is 32.2. The number of carboxylic acid groups (broad SMARTS) is 1. The summed E-state index contributed by atoms with van der Waals surface area (Å²) in [6.45, 7) is 4.91. The van der Waals surface area contributed by atoms with Crippen molar-refractivity contribution in [1.29, 1.82) is 0 Å². The third-order valence-electron chi connectivity index (χ3n) is 5.53. The Balaban J connectivity index is 1.75. The van der Waals surface area contributed by atoms with Gasteiger partial charge in [-0.05, 0) is 31.6 Å². The SMILES string of the molecule is CCOC(=O)N1CCN(c2nc3ccc(C)cn3c(=O)c2/C=C2/SC(=S)N(CC(=O)O)C2=O)CC1. The molecule has 2 aliphatic rings. The van der Waals surface area contributed by atoms with Gasteiger partial charge in [-0.3, -0.25) is 23.7 Å². The number of carboxylic acids is 1. The average molecular weight is 518 g/mol. The number of carbonyl (C=O) groups excluding carboxylic acids is 2. The van der Waals surface area contributed by atoms with Gasteiger partial charge in [-0.2, -0.15) is 0 Å². The van der Waals surface area contributed by atoms with Gasteiger partial charge < -0.3 is 19.6 Å². The number of thiocarbonyl (C=S) groups is 1. The molecule has 2 amide bonds. The van der Waals surface area contributed by atoms with Crippen molar-refractivity contribution in [2.75, 3.05) is 44.2 Å². The van der Waals surface area contributed by atoms with E-state index in [4.69, 9.17) is 27.0 Å². The molecule has 2 aromatic heterocycles. The third kappa shape index (κ3) is 5.00. The number of pyridine rings is 1. The Morgan fingerprint density at radius 3 is 2.60 bits per heavy atom. The van der Waals surface area contributed by atoms with E-state index in [1.807, 2.05) is 17.9 Å². The molecule has 0 bridgehead atoms.